The van der Waals surface area contributed by atoms with E-state index < -0.39 is 11.9 Å². The molecule has 1 aromatic rings. The lowest BCUT2D eigenvalue weighted by atomic mass is 9.73. The zero-order chi connectivity index (χ0) is 23.8. The average molecular weight is 464 g/mol. The first-order valence-corrected chi connectivity index (χ1v) is 12.2. The molecule has 8 heteroatoms. The first-order chi connectivity index (χ1) is 16.4. The minimum atomic E-state index is -0.696. The summed E-state index contributed by atoms with van der Waals surface area (Å²) in [7, 11) is 0. The Kier molecular flexibility index (Phi) is 6.06. The van der Waals surface area contributed by atoms with Crippen LogP contribution in [0.15, 0.2) is 34.5 Å². The number of piperidine rings is 1. The minimum absolute atomic E-state index is 0.0862. The maximum atomic E-state index is 13.0. The van der Waals surface area contributed by atoms with Gasteiger partial charge in [0.25, 0.3) is 5.91 Å². The fourth-order valence-corrected chi connectivity index (χ4v) is 5.85. The highest BCUT2D eigenvalue weighted by molar-refractivity contribution is 6.15. The molecule has 8 nitrogen and oxygen atoms in total. The molecule has 34 heavy (non-hydrogen) atoms. The van der Waals surface area contributed by atoms with Crippen molar-refractivity contribution in [3.8, 4) is 0 Å². The number of rotatable bonds is 4. The number of amides is 3. The average Bonchev–Trinajstić information content (AvgIpc) is 3.16. The van der Waals surface area contributed by atoms with E-state index in [1.54, 1.807) is 18.2 Å². The minimum Gasteiger partial charge on any atom is -0.511 e. The molecule has 0 spiro atoms. The van der Waals surface area contributed by atoms with Gasteiger partial charge in [-0.1, -0.05) is 38.2 Å². The predicted molar refractivity (Wildman–Crippen MR) is 125 cm³/mol. The van der Waals surface area contributed by atoms with Crippen molar-refractivity contribution in [3.05, 3.63) is 40.7 Å². The van der Waals surface area contributed by atoms with E-state index in [2.05, 4.69) is 10.3 Å². The second-order valence-electron chi connectivity index (χ2n) is 9.81. The molecule has 2 atom stereocenters. The maximum Gasteiger partial charge on any atom is 0.255 e. The van der Waals surface area contributed by atoms with Crippen LogP contribution >= 0.6 is 0 Å². The van der Waals surface area contributed by atoms with E-state index in [1.165, 1.54) is 30.4 Å². The lowest BCUT2D eigenvalue weighted by Gasteiger charge is -2.32. The van der Waals surface area contributed by atoms with Crippen LogP contribution in [0.2, 0.25) is 0 Å². The van der Waals surface area contributed by atoms with E-state index in [1.807, 2.05) is 0 Å². The number of nitrogens with one attached hydrogen (secondary N) is 1. The second-order valence-corrected chi connectivity index (χ2v) is 9.81. The van der Waals surface area contributed by atoms with Crippen molar-refractivity contribution in [2.45, 2.75) is 70.4 Å². The third-order valence-corrected chi connectivity index (χ3v) is 7.72. The van der Waals surface area contributed by atoms with Gasteiger partial charge in [0.2, 0.25) is 11.8 Å². The molecule has 1 saturated carbocycles. The van der Waals surface area contributed by atoms with Crippen LogP contribution in [0.5, 0.6) is 0 Å². The Labute approximate surface area is 198 Å². The van der Waals surface area contributed by atoms with Crippen molar-refractivity contribution in [2.75, 3.05) is 0 Å². The van der Waals surface area contributed by atoms with Crippen molar-refractivity contribution in [1.82, 2.24) is 10.2 Å². The Balaban J connectivity index is 1.34. The van der Waals surface area contributed by atoms with Gasteiger partial charge in [-0.15, -0.1) is 0 Å². The number of hydrogen-bond acceptors (Lipinski definition) is 6. The number of aliphatic hydroxyl groups is 1. The predicted octanol–water partition coefficient (Wildman–Crippen LogP) is 3.52. The van der Waals surface area contributed by atoms with E-state index in [-0.39, 0.29) is 47.8 Å². The summed E-state index contributed by atoms with van der Waals surface area (Å²) in [6.07, 6.45) is 8.75. The highest BCUT2D eigenvalue weighted by Crippen LogP contribution is 2.39. The van der Waals surface area contributed by atoms with E-state index in [4.69, 9.17) is 0 Å². The van der Waals surface area contributed by atoms with Gasteiger partial charge in [0.15, 0.2) is 5.78 Å². The molecule has 2 aliphatic carbocycles. The largest absolute Gasteiger partial charge is 0.511 e. The molecule has 2 unspecified atom stereocenters. The smallest absolute Gasteiger partial charge is 0.255 e. The summed E-state index contributed by atoms with van der Waals surface area (Å²) in [6.45, 7) is 0.205. The topological polar surface area (TPSA) is 116 Å². The van der Waals surface area contributed by atoms with Crippen molar-refractivity contribution in [1.29, 1.82) is 0 Å². The summed E-state index contributed by atoms with van der Waals surface area (Å²) in [6, 6.07) is 4.47. The van der Waals surface area contributed by atoms with Crippen LogP contribution in [-0.2, 0) is 20.9 Å². The summed E-state index contributed by atoms with van der Waals surface area (Å²) in [5.74, 6) is -0.343. The van der Waals surface area contributed by atoms with Gasteiger partial charge in [-0.2, -0.15) is 0 Å². The van der Waals surface area contributed by atoms with Gasteiger partial charge in [0.05, 0.1) is 11.3 Å². The van der Waals surface area contributed by atoms with Crippen LogP contribution in [0.4, 0.5) is 5.69 Å². The molecule has 5 rings (SSSR count). The number of aliphatic hydroxyl groups excluding tert-OH is 1. The van der Waals surface area contributed by atoms with Gasteiger partial charge in [0.1, 0.15) is 11.8 Å². The van der Waals surface area contributed by atoms with Crippen LogP contribution in [0.1, 0.15) is 73.7 Å². The van der Waals surface area contributed by atoms with Crippen LogP contribution in [-0.4, -0.2) is 45.8 Å². The van der Waals surface area contributed by atoms with E-state index in [9.17, 15) is 24.3 Å². The SMILES string of the molecule is O=C1CCC(N2Cc3c(N=CC4=C(O)CC(C5CCCCC5)CC4=O)cccc3C2=O)C(=O)N1. The quantitative estimate of drug-likeness (QED) is 0.524. The summed E-state index contributed by atoms with van der Waals surface area (Å²) < 4.78 is 0. The fourth-order valence-electron chi connectivity index (χ4n) is 5.85. The molecular formula is C26H29N3O5. The molecular weight excluding hydrogens is 434 g/mol. The molecule has 3 amide bonds. The summed E-state index contributed by atoms with van der Waals surface area (Å²) in [5.41, 5.74) is 1.92. The lowest BCUT2D eigenvalue weighted by Crippen LogP contribution is -2.52. The molecule has 2 N–H and O–H groups in total. The normalized spacial score (nSPS) is 26.4. The number of carbonyl (C=O) groups is 4. The maximum absolute atomic E-state index is 13.0. The number of allylic oxidation sites excluding steroid dienone is 2. The third kappa shape index (κ3) is 4.17. The molecule has 0 bridgehead atoms. The molecule has 2 heterocycles. The number of fused-ring (bicyclic) bond motifs is 1. The van der Waals surface area contributed by atoms with E-state index in [0.29, 0.717) is 42.0 Å². The number of ketones is 1. The van der Waals surface area contributed by atoms with Crippen LogP contribution in [0.25, 0.3) is 0 Å². The second kappa shape index (κ2) is 9.16. The zero-order valence-corrected chi connectivity index (χ0v) is 19.1. The van der Waals surface area contributed by atoms with Gasteiger partial charge in [-0.3, -0.25) is 29.5 Å². The summed E-state index contributed by atoms with van der Waals surface area (Å²) in [4.78, 5) is 55.6. The van der Waals surface area contributed by atoms with Gasteiger partial charge in [-0.05, 0) is 30.4 Å². The molecule has 2 aliphatic heterocycles. The summed E-state index contributed by atoms with van der Waals surface area (Å²) >= 11 is 0. The first kappa shape index (κ1) is 22.5. The molecule has 2 fully saturated rings. The molecule has 1 aromatic carbocycles. The van der Waals surface area contributed by atoms with Crippen molar-refractivity contribution < 1.29 is 24.3 Å². The Morgan fingerprint density at radius 1 is 1.00 bits per heavy atom. The number of carbonyl (C=O) groups excluding carboxylic acids is 4. The van der Waals surface area contributed by atoms with Gasteiger partial charge in [0, 0.05) is 43.1 Å². The van der Waals surface area contributed by atoms with Crippen molar-refractivity contribution >= 4 is 35.4 Å². The monoisotopic (exact) mass is 463 g/mol. The number of Topliss-reactive ketones (excluding diaryl/α,β-unsaturated/α-hetero) is 1. The van der Waals surface area contributed by atoms with Crippen LogP contribution < -0.4 is 5.32 Å². The number of benzene rings is 1. The van der Waals surface area contributed by atoms with Crippen molar-refractivity contribution in [2.24, 2.45) is 16.8 Å². The standard InChI is InChI=1S/C26H29N3O5/c30-22-11-16(15-5-2-1-3-6-15)12-23(31)18(22)13-27-20-8-4-7-17-19(20)14-29(26(17)34)21-9-10-24(32)28-25(21)33/h4,7-8,13,15-16,21,30H,1-3,5-6,9-12,14H2,(H,28,32,33). The molecule has 1 saturated heterocycles. The van der Waals surface area contributed by atoms with E-state index >= 15 is 0 Å². The number of hydrogen-bond donors (Lipinski definition) is 2. The van der Waals surface area contributed by atoms with Crippen LogP contribution in [0, 0.1) is 11.8 Å². The highest BCUT2D eigenvalue weighted by Gasteiger charge is 2.40. The Morgan fingerprint density at radius 2 is 1.79 bits per heavy atom. The Hall–Kier alpha value is -3.29. The lowest BCUT2D eigenvalue weighted by molar-refractivity contribution is -0.137. The van der Waals surface area contributed by atoms with Gasteiger partial charge in [-0.25, -0.2) is 0 Å². The molecule has 178 valence electrons. The van der Waals surface area contributed by atoms with Crippen LogP contribution in [0.3, 0.4) is 0 Å². The first-order valence-electron chi connectivity index (χ1n) is 12.2. The molecule has 0 aromatic heterocycles. The van der Waals surface area contributed by atoms with E-state index in [0.717, 1.165) is 12.8 Å². The zero-order valence-electron chi connectivity index (χ0n) is 19.1. The number of nitrogens with zero attached hydrogens (tertiary/aromatic N) is 2. The Morgan fingerprint density at radius 3 is 2.53 bits per heavy atom. The molecule has 4 aliphatic rings. The third-order valence-electron chi connectivity index (χ3n) is 7.72. The van der Waals surface area contributed by atoms with Gasteiger partial charge < -0.3 is 10.0 Å². The Bertz CT molecular complexity index is 1120. The van der Waals surface area contributed by atoms with Gasteiger partial charge >= 0.3 is 0 Å². The molecule has 0 radical (unpaired) electrons. The highest BCUT2D eigenvalue weighted by atomic mass is 16.3. The van der Waals surface area contributed by atoms with Crippen molar-refractivity contribution in [3.63, 3.8) is 0 Å². The number of imide groups is 1. The summed E-state index contributed by atoms with van der Waals surface area (Å²) in [5, 5.41) is 13.0. The number of aliphatic imine (C=N–C) groups is 1. The fraction of sp³-hybridized carbons (Fsp3) is 0.500.